The Hall–Kier alpha value is -1.82. The molecule has 0 saturated heterocycles. The number of non-ortho nitro benzene ring substituents is 1. The van der Waals surface area contributed by atoms with Gasteiger partial charge in [0.25, 0.3) is 5.69 Å². The maximum Gasteiger partial charge on any atom is 0.279 e. The van der Waals surface area contributed by atoms with E-state index in [1.54, 1.807) is 24.4 Å². The lowest BCUT2D eigenvalue weighted by Gasteiger charge is -2.15. The third-order valence-electron chi connectivity index (χ3n) is 3.34. The number of aromatic nitrogens is 1. The second-order valence-corrected chi connectivity index (χ2v) is 5.25. The van der Waals surface area contributed by atoms with Crippen molar-refractivity contribution in [2.75, 3.05) is 12.4 Å². The molecule has 0 fully saturated rings. The quantitative estimate of drug-likeness (QED) is 0.479. The molecule has 21 heavy (non-hydrogen) atoms. The lowest BCUT2D eigenvalue weighted by Crippen LogP contribution is -2.13. The van der Waals surface area contributed by atoms with E-state index in [0.29, 0.717) is 29.2 Å². The Labute approximate surface area is 128 Å². The average molecular weight is 306 g/mol. The third kappa shape index (κ3) is 3.64. The van der Waals surface area contributed by atoms with E-state index in [0.717, 1.165) is 18.6 Å². The maximum absolute atomic E-state index is 11.1. The van der Waals surface area contributed by atoms with Crippen LogP contribution in [0.15, 0.2) is 30.5 Å². The topological polar surface area (TPSA) is 65.3 Å². The highest BCUT2D eigenvalue weighted by Crippen LogP contribution is 2.31. The summed E-state index contributed by atoms with van der Waals surface area (Å²) < 4.78 is 5.83. The molecule has 2 aromatic rings. The fraction of sp³-hybridized carbons (Fsp3) is 0.400. The zero-order valence-corrected chi connectivity index (χ0v) is 12.8. The van der Waals surface area contributed by atoms with Crippen LogP contribution in [0.2, 0.25) is 0 Å². The van der Waals surface area contributed by atoms with Crippen molar-refractivity contribution >= 4 is 29.2 Å². The summed E-state index contributed by atoms with van der Waals surface area (Å²) in [6.45, 7) is 2.67. The summed E-state index contributed by atoms with van der Waals surface area (Å²) in [6.07, 6.45) is 3.73. The van der Waals surface area contributed by atoms with Crippen LogP contribution in [0.1, 0.15) is 19.8 Å². The van der Waals surface area contributed by atoms with Gasteiger partial charge in [-0.15, -0.1) is 0 Å². The van der Waals surface area contributed by atoms with Gasteiger partial charge in [-0.1, -0.05) is 13.3 Å². The first-order chi connectivity index (χ1) is 10.2. The number of fused-ring (bicyclic) bond motifs is 1. The molecule has 0 aliphatic rings. The Morgan fingerprint density at radius 1 is 1.43 bits per heavy atom. The van der Waals surface area contributed by atoms with Crippen molar-refractivity contribution < 1.29 is 9.66 Å². The van der Waals surface area contributed by atoms with Gasteiger partial charge in [-0.05, 0) is 30.4 Å². The van der Waals surface area contributed by atoms with Gasteiger partial charge in [-0.25, -0.2) is 0 Å². The Balaban J connectivity index is 2.29. The SMILES string of the molecule is CCCC(CS)COc1ccc([N+](=O)[O-])c2cccnc12. The lowest BCUT2D eigenvalue weighted by molar-refractivity contribution is -0.383. The van der Waals surface area contributed by atoms with Gasteiger partial charge in [0.1, 0.15) is 11.3 Å². The molecule has 0 saturated carbocycles. The smallest absolute Gasteiger partial charge is 0.279 e. The van der Waals surface area contributed by atoms with Crippen molar-refractivity contribution in [3.63, 3.8) is 0 Å². The van der Waals surface area contributed by atoms with Crippen LogP contribution in [0.5, 0.6) is 5.75 Å². The molecule has 0 aliphatic carbocycles. The number of nitro benzene ring substituents is 1. The van der Waals surface area contributed by atoms with Gasteiger partial charge >= 0.3 is 0 Å². The first-order valence-corrected chi connectivity index (χ1v) is 7.56. The van der Waals surface area contributed by atoms with Crippen LogP contribution in [0.4, 0.5) is 5.69 Å². The number of nitrogens with zero attached hydrogens (tertiary/aromatic N) is 2. The molecule has 0 bridgehead atoms. The number of hydrogen-bond donors (Lipinski definition) is 1. The summed E-state index contributed by atoms with van der Waals surface area (Å²) in [5, 5.41) is 11.5. The van der Waals surface area contributed by atoms with Crippen molar-refractivity contribution in [3.05, 3.63) is 40.6 Å². The zero-order chi connectivity index (χ0) is 15.2. The van der Waals surface area contributed by atoms with E-state index in [9.17, 15) is 10.1 Å². The molecule has 1 heterocycles. The highest BCUT2D eigenvalue weighted by atomic mass is 32.1. The summed E-state index contributed by atoms with van der Waals surface area (Å²) in [5.41, 5.74) is 0.575. The van der Waals surface area contributed by atoms with Crippen LogP contribution in [-0.4, -0.2) is 22.3 Å². The molecule has 112 valence electrons. The van der Waals surface area contributed by atoms with Gasteiger partial charge in [0.2, 0.25) is 0 Å². The highest BCUT2D eigenvalue weighted by molar-refractivity contribution is 7.80. The van der Waals surface area contributed by atoms with Crippen molar-refractivity contribution in [3.8, 4) is 5.75 Å². The number of pyridine rings is 1. The number of benzene rings is 1. The molecule has 0 aliphatic heterocycles. The normalized spacial score (nSPS) is 12.3. The molecule has 6 heteroatoms. The molecule has 1 aromatic heterocycles. The minimum atomic E-state index is -0.401. The van der Waals surface area contributed by atoms with E-state index >= 15 is 0 Å². The standard InChI is InChI=1S/C15H18N2O3S/c1-2-4-11(10-21)9-20-14-7-6-13(17(18)19)12-5-3-8-16-15(12)14/h3,5-8,11,21H,2,4,9-10H2,1H3. The van der Waals surface area contributed by atoms with Gasteiger partial charge in [-0.2, -0.15) is 12.6 Å². The summed E-state index contributed by atoms with van der Waals surface area (Å²) in [5.74, 6) is 1.71. The van der Waals surface area contributed by atoms with Gasteiger partial charge in [0.15, 0.2) is 0 Å². The van der Waals surface area contributed by atoms with Crippen LogP contribution < -0.4 is 4.74 Å². The van der Waals surface area contributed by atoms with E-state index in [1.807, 2.05) is 0 Å². The molecule has 1 atom stereocenters. The number of ether oxygens (including phenoxy) is 1. The number of rotatable bonds is 7. The summed E-state index contributed by atoms with van der Waals surface area (Å²) in [7, 11) is 0. The van der Waals surface area contributed by atoms with E-state index < -0.39 is 4.92 Å². The van der Waals surface area contributed by atoms with Crippen molar-refractivity contribution in [1.29, 1.82) is 0 Å². The largest absolute Gasteiger partial charge is 0.491 e. The summed E-state index contributed by atoms with van der Waals surface area (Å²) in [6, 6.07) is 6.46. The van der Waals surface area contributed by atoms with Gasteiger partial charge < -0.3 is 4.74 Å². The Morgan fingerprint density at radius 3 is 2.90 bits per heavy atom. The minimum absolute atomic E-state index is 0.0461. The fourth-order valence-corrected chi connectivity index (χ4v) is 2.54. The summed E-state index contributed by atoms with van der Waals surface area (Å²) in [4.78, 5) is 14.9. The number of nitro groups is 1. The Kier molecular flexibility index (Phi) is 5.38. The molecule has 5 nitrogen and oxygen atoms in total. The Bertz CT molecular complexity index is 633. The van der Waals surface area contributed by atoms with Crippen LogP contribution in [0.25, 0.3) is 10.9 Å². The van der Waals surface area contributed by atoms with Gasteiger partial charge in [-0.3, -0.25) is 15.1 Å². The molecule has 0 radical (unpaired) electrons. The molecule has 0 spiro atoms. The maximum atomic E-state index is 11.1. The van der Waals surface area contributed by atoms with Crippen molar-refractivity contribution in [2.45, 2.75) is 19.8 Å². The minimum Gasteiger partial charge on any atom is -0.491 e. The second kappa shape index (κ2) is 7.26. The summed E-state index contributed by atoms with van der Waals surface area (Å²) >= 11 is 4.33. The molecule has 1 unspecified atom stereocenters. The Morgan fingerprint density at radius 2 is 2.24 bits per heavy atom. The van der Waals surface area contributed by atoms with Crippen LogP contribution in [0, 0.1) is 16.0 Å². The van der Waals surface area contributed by atoms with E-state index in [1.165, 1.54) is 6.07 Å². The van der Waals surface area contributed by atoms with E-state index in [-0.39, 0.29) is 5.69 Å². The molecular formula is C15H18N2O3S. The second-order valence-electron chi connectivity index (χ2n) is 4.89. The highest BCUT2D eigenvalue weighted by Gasteiger charge is 2.16. The number of thiol groups is 1. The predicted molar refractivity (Wildman–Crippen MR) is 86.1 cm³/mol. The van der Waals surface area contributed by atoms with Crippen molar-refractivity contribution in [2.24, 2.45) is 5.92 Å². The molecular weight excluding hydrogens is 288 g/mol. The average Bonchev–Trinajstić information content (AvgIpc) is 2.50. The fourth-order valence-electron chi connectivity index (χ4n) is 2.25. The lowest BCUT2D eigenvalue weighted by atomic mass is 10.1. The first-order valence-electron chi connectivity index (χ1n) is 6.93. The molecule has 2 rings (SSSR count). The van der Waals surface area contributed by atoms with Crippen LogP contribution >= 0.6 is 12.6 Å². The monoisotopic (exact) mass is 306 g/mol. The van der Waals surface area contributed by atoms with Crippen LogP contribution in [0.3, 0.4) is 0 Å². The third-order valence-corrected chi connectivity index (χ3v) is 3.85. The molecule has 0 N–H and O–H groups in total. The van der Waals surface area contributed by atoms with E-state index in [4.69, 9.17) is 4.74 Å². The predicted octanol–water partition coefficient (Wildman–Crippen LogP) is 3.87. The number of hydrogen-bond acceptors (Lipinski definition) is 5. The van der Waals surface area contributed by atoms with Gasteiger partial charge in [0.05, 0.1) is 16.9 Å². The zero-order valence-electron chi connectivity index (χ0n) is 11.9. The van der Waals surface area contributed by atoms with E-state index in [2.05, 4.69) is 24.5 Å². The molecule has 0 amide bonds. The van der Waals surface area contributed by atoms with Crippen LogP contribution in [-0.2, 0) is 0 Å². The first kappa shape index (κ1) is 15.6. The van der Waals surface area contributed by atoms with Crippen molar-refractivity contribution in [1.82, 2.24) is 4.98 Å². The molecule has 1 aromatic carbocycles. The van der Waals surface area contributed by atoms with Gasteiger partial charge in [0, 0.05) is 18.2 Å².